The van der Waals surface area contributed by atoms with Gasteiger partial charge in [0.05, 0.1) is 33.9 Å². The molecule has 51 heavy (non-hydrogen) atoms. The molecule has 0 spiro atoms. The Balaban J connectivity index is 1.59. The quantitative estimate of drug-likeness (QED) is 0.0734. The zero-order valence-electron chi connectivity index (χ0n) is 28.5. The molecule has 0 saturated heterocycles. The Morgan fingerprint density at radius 2 is 1.14 bits per heavy atom. The minimum atomic E-state index is -3.60. The normalized spacial score (nSPS) is 12.3. The summed E-state index contributed by atoms with van der Waals surface area (Å²) in [5, 5.41) is 12.4. The average molecular weight is 728 g/mol. The van der Waals surface area contributed by atoms with Crippen LogP contribution in [0.4, 0.5) is 23.3 Å². The van der Waals surface area contributed by atoms with Gasteiger partial charge in [0.15, 0.2) is 11.6 Å². The van der Waals surface area contributed by atoms with Crippen molar-refractivity contribution in [1.82, 2.24) is 19.4 Å². The van der Waals surface area contributed by atoms with Gasteiger partial charge in [0.25, 0.3) is 0 Å². The summed E-state index contributed by atoms with van der Waals surface area (Å²) in [7, 11) is -2.91. The monoisotopic (exact) mass is 727 g/mol. The van der Waals surface area contributed by atoms with Crippen molar-refractivity contribution < 1.29 is 21.6 Å². The molecule has 1 heterocycles. The second kappa shape index (κ2) is 15.9. The SMILES string of the molecule is CNS(=O)(=O)c1ccc(C(C)=NNc2nc(Nc3ccccc3)nc(NN=C(C)c3ccc(S(=O)(=O)NC)cc3)c2-c2cccc(OC)c2)cc1. The molecule has 0 atom stereocenters. The van der Waals surface area contributed by atoms with Crippen molar-refractivity contribution in [2.75, 3.05) is 37.4 Å². The summed E-state index contributed by atoms with van der Waals surface area (Å²) in [4.78, 5) is 9.84. The lowest BCUT2D eigenvalue weighted by Gasteiger charge is -2.17. The first kappa shape index (κ1) is 36.6. The molecule has 0 amide bonds. The van der Waals surface area contributed by atoms with Crippen molar-refractivity contribution in [3.05, 3.63) is 114 Å². The lowest BCUT2D eigenvalue weighted by Crippen LogP contribution is -2.18. The molecule has 0 radical (unpaired) electrons. The number of benzene rings is 4. The molecule has 0 unspecified atom stereocenters. The van der Waals surface area contributed by atoms with E-state index in [1.54, 1.807) is 45.2 Å². The summed E-state index contributed by atoms with van der Waals surface area (Å²) < 4.78 is 59.0. The van der Waals surface area contributed by atoms with E-state index in [-0.39, 0.29) is 15.7 Å². The molecular formula is C35H37N9O5S2. The second-order valence-electron chi connectivity index (χ2n) is 10.9. The van der Waals surface area contributed by atoms with Crippen LogP contribution in [0.25, 0.3) is 11.1 Å². The number of aromatic nitrogens is 2. The Morgan fingerprint density at radius 1 is 0.647 bits per heavy atom. The van der Waals surface area contributed by atoms with E-state index in [1.165, 1.54) is 38.4 Å². The topological polar surface area (TPSA) is 188 Å². The van der Waals surface area contributed by atoms with Crippen LogP contribution in [-0.2, 0) is 20.0 Å². The molecule has 264 valence electrons. The van der Waals surface area contributed by atoms with Crippen molar-refractivity contribution >= 4 is 54.7 Å². The first-order chi connectivity index (χ1) is 24.4. The zero-order valence-corrected chi connectivity index (χ0v) is 30.1. The molecule has 16 heteroatoms. The van der Waals surface area contributed by atoms with Crippen molar-refractivity contribution in [3.63, 3.8) is 0 Å². The lowest BCUT2D eigenvalue weighted by molar-refractivity contribution is 0.415. The van der Waals surface area contributed by atoms with E-state index in [2.05, 4.69) is 35.8 Å². The number of ether oxygens (including phenoxy) is 1. The summed E-state index contributed by atoms with van der Waals surface area (Å²) in [5.74, 6) is 1.48. The molecule has 5 aromatic rings. The number of hydrazone groups is 2. The number of nitrogens with zero attached hydrogens (tertiary/aromatic N) is 4. The third kappa shape index (κ3) is 8.92. The fourth-order valence-electron chi connectivity index (χ4n) is 4.77. The Hall–Kier alpha value is -5.68. The first-order valence-electron chi connectivity index (χ1n) is 15.5. The minimum absolute atomic E-state index is 0.132. The number of methoxy groups -OCH3 is 1. The average Bonchev–Trinajstić information content (AvgIpc) is 3.16. The molecular weight excluding hydrogens is 691 g/mol. The summed E-state index contributed by atoms with van der Waals surface area (Å²) in [5.41, 5.74) is 10.6. The summed E-state index contributed by atoms with van der Waals surface area (Å²) in [6, 6.07) is 29.4. The van der Waals surface area contributed by atoms with Crippen molar-refractivity contribution in [3.8, 4) is 16.9 Å². The van der Waals surface area contributed by atoms with E-state index in [4.69, 9.17) is 14.7 Å². The molecule has 0 fully saturated rings. The molecule has 0 aliphatic rings. The highest BCUT2D eigenvalue weighted by atomic mass is 32.2. The zero-order chi connectivity index (χ0) is 36.6. The van der Waals surface area contributed by atoms with Crippen LogP contribution in [0.1, 0.15) is 25.0 Å². The van der Waals surface area contributed by atoms with Crippen molar-refractivity contribution in [1.29, 1.82) is 0 Å². The maximum atomic E-state index is 12.2. The van der Waals surface area contributed by atoms with E-state index >= 15 is 0 Å². The van der Waals surface area contributed by atoms with E-state index in [0.29, 0.717) is 51.1 Å². The highest BCUT2D eigenvalue weighted by Gasteiger charge is 2.19. The molecule has 0 aliphatic heterocycles. The van der Waals surface area contributed by atoms with Crippen LogP contribution >= 0.6 is 0 Å². The fourth-order valence-corrected chi connectivity index (χ4v) is 6.23. The van der Waals surface area contributed by atoms with Gasteiger partial charge in [0.1, 0.15) is 5.75 Å². The second-order valence-corrected chi connectivity index (χ2v) is 14.7. The number of rotatable bonds is 14. The molecule has 0 aliphatic carbocycles. The minimum Gasteiger partial charge on any atom is -0.497 e. The molecule has 5 rings (SSSR count). The van der Waals surface area contributed by atoms with E-state index < -0.39 is 20.0 Å². The Kier molecular flexibility index (Phi) is 11.4. The van der Waals surface area contributed by atoms with E-state index in [0.717, 1.165) is 5.69 Å². The Morgan fingerprint density at radius 3 is 1.59 bits per heavy atom. The van der Waals surface area contributed by atoms with Gasteiger partial charge in [0.2, 0.25) is 26.0 Å². The third-order valence-corrected chi connectivity index (χ3v) is 10.5. The van der Waals surface area contributed by atoms with Crippen molar-refractivity contribution in [2.24, 2.45) is 10.2 Å². The number of sulfonamides is 2. The maximum absolute atomic E-state index is 12.2. The highest BCUT2D eigenvalue weighted by Crippen LogP contribution is 2.36. The van der Waals surface area contributed by atoms with Crippen LogP contribution in [0, 0.1) is 0 Å². The van der Waals surface area contributed by atoms with Crippen LogP contribution < -0.4 is 30.3 Å². The van der Waals surface area contributed by atoms with Gasteiger partial charge < -0.3 is 10.1 Å². The van der Waals surface area contributed by atoms with Gasteiger partial charge in [0, 0.05) is 5.69 Å². The summed E-state index contributed by atoms with van der Waals surface area (Å²) in [6.45, 7) is 3.56. The Bertz CT molecular complexity index is 2160. The van der Waals surface area contributed by atoms with E-state index in [9.17, 15) is 16.8 Å². The molecule has 0 bridgehead atoms. The largest absolute Gasteiger partial charge is 0.497 e. The van der Waals surface area contributed by atoms with Gasteiger partial charge in [-0.15, -0.1) is 0 Å². The van der Waals surface area contributed by atoms with Crippen LogP contribution in [0.5, 0.6) is 5.75 Å². The molecule has 14 nitrogen and oxygen atoms in total. The van der Waals surface area contributed by atoms with Gasteiger partial charge in [-0.1, -0.05) is 54.6 Å². The predicted molar refractivity (Wildman–Crippen MR) is 201 cm³/mol. The molecule has 5 N–H and O–H groups in total. The number of para-hydroxylation sites is 1. The maximum Gasteiger partial charge on any atom is 0.240 e. The molecule has 4 aromatic carbocycles. The highest BCUT2D eigenvalue weighted by molar-refractivity contribution is 7.89. The predicted octanol–water partition coefficient (Wildman–Crippen LogP) is 5.38. The molecule has 0 saturated carbocycles. The van der Waals surface area contributed by atoms with Gasteiger partial charge in [-0.05, 0) is 93.2 Å². The van der Waals surface area contributed by atoms with Gasteiger partial charge in [-0.3, -0.25) is 10.9 Å². The van der Waals surface area contributed by atoms with Gasteiger partial charge in [-0.25, -0.2) is 26.3 Å². The first-order valence-corrected chi connectivity index (χ1v) is 18.5. The number of hydrogen-bond acceptors (Lipinski definition) is 12. The fraction of sp³-hybridized carbons (Fsp3) is 0.143. The third-order valence-electron chi connectivity index (χ3n) is 7.66. The van der Waals surface area contributed by atoms with Gasteiger partial charge in [-0.2, -0.15) is 20.2 Å². The number of anilines is 4. The standard InChI is InChI=1S/C35H37N9O5S2/c1-23(25-14-18-30(19-15-25)50(45,46)36-3)41-43-33-32(27-10-9-13-29(22-27)49-5)34(40-35(39-33)38-28-11-7-6-8-12-28)44-42-24(2)26-16-20-31(21-17-26)51(47,48)37-4/h6-22,36-37H,1-5H3,(H3,38,39,40,43,44). The molecule has 1 aromatic heterocycles. The summed E-state index contributed by atoms with van der Waals surface area (Å²) >= 11 is 0. The number of nitrogens with one attached hydrogen (secondary N) is 5. The van der Waals surface area contributed by atoms with Crippen LogP contribution in [0.15, 0.2) is 123 Å². The van der Waals surface area contributed by atoms with Crippen LogP contribution in [0.2, 0.25) is 0 Å². The van der Waals surface area contributed by atoms with Crippen LogP contribution in [-0.4, -0.2) is 59.4 Å². The van der Waals surface area contributed by atoms with E-state index in [1.807, 2.05) is 54.6 Å². The number of hydrogen-bond donors (Lipinski definition) is 5. The lowest BCUT2D eigenvalue weighted by atomic mass is 10.1. The van der Waals surface area contributed by atoms with Crippen LogP contribution in [0.3, 0.4) is 0 Å². The smallest absolute Gasteiger partial charge is 0.240 e. The van der Waals surface area contributed by atoms with Gasteiger partial charge >= 0.3 is 0 Å². The van der Waals surface area contributed by atoms with Crippen molar-refractivity contribution in [2.45, 2.75) is 23.6 Å². The Labute approximate surface area is 297 Å². The summed E-state index contributed by atoms with van der Waals surface area (Å²) in [6.07, 6.45) is 0.